The van der Waals surface area contributed by atoms with Crippen LogP contribution in [0.2, 0.25) is 5.02 Å². The Bertz CT molecular complexity index is 1360. The molecule has 4 heterocycles. The number of anilines is 1. The number of aliphatic hydroxyl groups excluding tert-OH is 1. The lowest BCUT2D eigenvalue weighted by Gasteiger charge is -2.40. The largest absolute Gasteiger partial charge is 0.465 e. The molecule has 2 aromatic carbocycles. The predicted molar refractivity (Wildman–Crippen MR) is 144 cm³/mol. The van der Waals surface area contributed by atoms with Gasteiger partial charge in [0.05, 0.1) is 30.8 Å². The molecule has 2 fully saturated rings. The SMILES string of the molecule is C[C@@]12C=CCCOC(=O)[C@@H]1[C@H]1C(=O)N([C@H](CO)c3ccccc3)C3C(=O)N(c4ccc(Cl)cc4)CC=C[C@@]31O2. The molecule has 1 unspecified atom stereocenters. The van der Waals surface area contributed by atoms with Gasteiger partial charge in [-0.05, 0) is 43.2 Å². The van der Waals surface area contributed by atoms with Crippen molar-refractivity contribution in [2.45, 2.75) is 36.6 Å². The number of cyclic esters (lactones) is 1. The number of ether oxygens (including phenoxy) is 2. The molecule has 0 aromatic heterocycles. The lowest BCUT2D eigenvalue weighted by molar-refractivity contribution is -0.160. The van der Waals surface area contributed by atoms with Gasteiger partial charge in [0.1, 0.15) is 17.6 Å². The average Bonchev–Trinajstić information content (AvgIpc) is 3.24. The maximum atomic E-state index is 14.5. The van der Waals surface area contributed by atoms with Crippen LogP contribution in [0.3, 0.4) is 0 Å². The Morgan fingerprint density at radius 1 is 1.00 bits per heavy atom. The first kappa shape index (κ1) is 25.8. The van der Waals surface area contributed by atoms with Crippen molar-refractivity contribution < 1.29 is 29.0 Å². The van der Waals surface area contributed by atoms with E-state index in [-0.39, 0.29) is 19.1 Å². The Balaban J connectivity index is 1.54. The van der Waals surface area contributed by atoms with Gasteiger partial charge in [0.15, 0.2) is 0 Å². The standard InChI is InChI=1S/C30H29ClN2O6/c1-29-14-5-6-17-38-28(37)24(29)23-26(35)33(22(18-34)19-8-3-2-4-9-19)25-27(36)32(16-7-15-30(23,25)39-29)21-12-10-20(31)11-13-21/h2-5,7-15,22-25,34H,6,16-18H2,1H3/t22-,23+,24+,25?,29-,30+/m1/s1. The number of fused-ring (bicyclic) bond motifs is 2. The lowest BCUT2D eigenvalue weighted by atomic mass is 9.74. The third-order valence-electron chi connectivity index (χ3n) is 8.29. The van der Waals surface area contributed by atoms with Gasteiger partial charge in [0.25, 0.3) is 5.91 Å². The van der Waals surface area contributed by atoms with Crippen LogP contribution in [-0.2, 0) is 23.9 Å². The number of benzene rings is 2. The molecule has 39 heavy (non-hydrogen) atoms. The fourth-order valence-corrected chi connectivity index (χ4v) is 6.77. The van der Waals surface area contributed by atoms with E-state index in [0.717, 1.165) is 0 Å². The van der Waals surface area contributed by atoms with Gasteiger partial charge in [-0.3, -0.25) is 14.4 Å². The van der Waals surface area contributed by atoms with Crippen molar-refractivity contribution >= 4 is 35.1 Å². The first-order valence-electron chi connectivity index (χ1n) is 13.1. The molecule has 0 aliphatic carbocycles. The van der Waals surface area contributed by atoms with Crippen LogP contribution in [0, 0.1) is 11.8 Å². The zero-order chi connectivity index (χ0) is 27.4. The number of aliphatic hydroxyl groups is 1. The summed E-state index contributed by atoms with van der Waals surface area (Å²) in [6.45, 7) is 1.78. The Morgan fingerprint density at radius 2 is 1.74 bits per heavy atom. The van der Waals surface area contributed by atoms with Crippen LogP contribution in [0.15, 0.2) is 78.9 Å². The smallest absolute Gasteiger partial charge is 0.313 e. The molecule has 6 atom stereocenters. The molecule has 202 valence electrons. The number of rotatable bonds is 4. The van der Waals surface area contributed by atoms with Crippen LogP contribution in [0.4, 0.5) is 5.69 Å². The summed E-state index contributed by atoms with van der Waals surface area (Å²) in [6.07, 6.45) is 7.81. The van der Waals surface area contributed by atoms with Crippen LogP contribution in [0.5, 0.6) is 0 Å². The minimum Gasteiger partial charge on any atom is -0.465 e. The maximum Gasteiger partial charge on any atom is 0.313 e. The van der Waals surface area contributed by atoms with Crippen molar-refractivity contribution in [3.63, 3.8) is 0 Å². The molecule has 0 bridgehead atoms. The number of carbonyl (C=O) groups is 3. The number of likely N-dealkylation sites (tertiary alicyclic amines) is 1. The normalized spacial score (nSPS) is 32.6. The van der Waals surface area contributed by atoms with Crippen molar-refractivity contribution in [2.24, 2.45) is 11.8 Å². The molecule has 1 spiro atoms. The summed E-state index contributed by atoms with van der Waals surface area (Å²) in [5.41, 5.74) is -1.34. The number of esters is 1. The van der Waals surface area contributed by atoms with Gasteiger partial charge in [-0.1, -0.05) is 66.2 Å². The molecule has 9 heteroatoms. The Morgan fingerprint density at radius 3 is 2.46 bits per heavy atom. The number of hydrogen-bond donors (Lipinski definition) is 1. The van der Waals surface area contributed by atoms with Gasteiger partial charge in [-0.25, -0.2) is 0 Å². The number of hydrogen-bond acceptors (Lipinski definition) is 6. The summed E-state index contributed by atoms with van der Waals surface area (Å²) in [6, 6.07) is 14.0. The van der Waals surface area contributed by atoms with E-state index in [1.54, 1.807) is 54.3 Å². The van der Waals surface area contributed by atoms with Crippen LogP contribution in [0.25, 0.3) is 0 Å². The van der Waals surface area contributed by atoms with E-state index in [9.17, 15) is 19.5 Å². The van der Waals surface area contributed by atoms with E-state index in [1.807, 2.05) is 36.4 Å². The van der Waals surface area contributed by atoms with Crippen LogP contribution in [0.1, 0.15) is 24.9 Å². The zero-order valence-electron chi connectivity index (χ0n) is 21.4. The summed E-state index contributed by atoms with van der Waals surface area (Å²) < 4.78 is 12.3. The second kappa shape index (κ2) is 9.62. The van der Waals surface area contributed by atoms with E-state index < -0.39 is 53.6 Å². The molecule has 4 aliphatic heterocycles. The second-order valence-corrected chi connectivity index (χ2v) is 11.0. The third kappa shape index (κ3) is 3.92. The quantitative estimate of drug-likeness (QED) is 0.464. The van der Waals surface area contributed by atoms with Gasteiger partial charge in [-0.2, -0.15) is 0 Å². The summed E-state index contributed by atoms with van der Waals surface area (Å²) in [4.78, 5) is 45.5. The summed E-state index contributed by atoms with van der Waals surface area (Å²) in [7, 11) is 0. The van der Waals surface area contributed by atoms with E-state index in [4.69, 9.17) is 21.1 Å². The van der Waals surface area contributed by atoms with E-state index in [2.05, 4.69) is 0 Å². The fraction of sp³-hybridized carbons (Fsp3) is 0.367. The summed E-state index contributed by atoms with van der Waals surface area (Å²) in [5, 5.41) is 11.1. The Labute approximate surface area is 231 Å². The highest BCUT2D eigenvalue weighted by molar-refractivity contribution is 6.30. The third-order valence-corrected chi connectivity index (χ3v) is 8.54. The maximum absolute atomic E-state index is 14.5. The highest BCUT2D eigenvalue weighted by Crippen LogP contribution is 2.58. The van der Waals surface area contributed by atoms with Crippen molar-refractivity contribution in [3.8, 4) is 0 Å². The van der Waals surface area contributed by atoms with Crippen LogP contribution < -0.4 is 4.90 Å². The highest BCUT2D eigenvalue weighted by Gasteiger charge is 2.75. The van der Waals surface area contributed by atoms with Crippen molar-refractivity contribution in [2.75, 3.05) is 24.7 Å². The number of nitrogens with zero attached hydrogens (tertiary/aromatic N) is 2. The first-order chi connectivity index (χ1) is 18.8. The van der Waals surface area contributed by atoms with Gasteiger partial charge >= 0.3 is 5.97 Å². The second-order valence-electron chi connectivity index (χ2n) is 10.5. The van der Waals surface area contributed by atoms with Gasteiger partial charge < -0.3 is 24.4 Å². The first-order valence-corrected chi connectivity index (χ1v) is 13.5. The van der Waals surface area contributed by atoms with Crippen LogP contribution >= 0.6 is 11.6 Å². The molecular weight excluding hydrogens is 520 g/mol. The fourth-order valence-electron chi connectivity index (χ4n) is 6.65. The average molecular weight is 549 g/mol. The molecule has 8 nitrogen and oxygen atoms in total. The monoisotopic (exact) mass is 548 g/mol. The number of carbonyl (C=O) groups excluding carboxylic acids is 3. The number of halogens is 1. The van der Waals surface area contributed by atoms with E-state index in [0.29, 0.717) is 22.7 Å². The van der Waals surface area contributed by atoms with Gasteiger partial charge in [0, 0.05) is 17.3 Å². The summed E-state index contributed by atoms with van der Waals surface area (Å²) in [5.74, 6) is -3.33. The molecule has 2 amide bonds. The Kier molecular flexibility index (Phi) is 6.37. The molecule has 4 aliphatic rings. The van der Waals surface area contributed by atoms with Crippen molar-refractivity contribution in [1.29, 1.82) is 0 Å². The van der Waals surface area contributed by atoms with Crippen molar-refractivity contribution in [3.05, 3.63) is 89.5 Å². The molecule has 6 rings (SSSR count). The molecule has 0 saturated carbocycles. The molecular formula is C30H29ClN2O6. The van der Waals surface area contributed by atoms with E-state index >= 15 is 0 Å². The minimum atomic E-state index is -1.45. The zero-order valence-corrected chi connectivity index (χ0v) is 22.2. The Hall–Kier alpha value is -3.46. The van der Waals surface area contributed by atoms with Gasteiger partial charge in [0.2, 0.25) is 5.91 Å². The van der Waals surface area contributed by atoms with Crippen molar-refractivity contribution in [1.82, 2.24) is 4.90 Å². The topological polar surface area (TPSA) is 96.4 Å². The van der Waals surface area contributed by atoms with E-state index in [1.165, 1.54) is 4.90 Å². The van der Waals surface area contributed by atoms with Crippen LogP contribution in [-0.4, -0.2) is 64.8 Å². The highest BCUT2D eigenvalue weighted by atomic mass is 35.5. The van der Waals surface area contributed by atoms with Gasteiger partial charge in [-0.15, -0.1) is 0 Å². The molecule has 0 radical (unpaired) electrons. The molecule has 2 aromatic rings. The molecule has 1 N–H and O–H groups in total. The molecule has 2 saturated heterocycles. The lowest BCUT2D eigenvalue weighted by Crippen LogP contribution is -2.57. The summed E-state index contributed by atoms with van der Waals surface area (Å²) >= 11 is 6.11. The number of amides is 2. The predicted octanol–water partition coefficient (Wildman–Crippen LogP) is 3.45. The minimum absolute atomic E-state index is 0.200.